The summed E-state index contributed by atoms with van der Waals surface area (Å²) in [6.07, 6.45) is -6.53. The van der Waals surface area contributed by atoms with E-state index in [1.807, 2.05) is 0 Å². The molecule has 0 saturated heterocycles. The molecule has 1 heterocycles. The number of alkyl halides is 3. The largest absolute Gasteiger partial charge is 0.471 e. The molecule has 2 rings (SSSR count). The molecule has 1 aliphatic rings. The van der Waals surface area contributed by atoms with Crippen molar-refractivity contribution in [3.63, 3.8) is 0 Å². The summed E-state index contributed by atoms with van der Waals surface area (Å²) in [6, 6.07) is 0.203. The van der Waals surface area contributed by atoms with Crippen molar-refractivity contribution in [2.24, 2.45) is 5.16 Å². The van der Waals surface area contributed by atoms with Crippen molar-refractivity contribution in [1.82, 2.24) is 5.32 Å². The minimum absolute atomic E-state index is 0.146. The van der Waals surface area contributed by atoms with Crippen molar-refractivity contribution in [2.75, 3.05) is 0 Å². The molecule has 1 aliphatic carbocycles. The molecule has 0 bridgehead atoms. The number of thiophene rings is 1. The number of hydrogen-bond acceptors (Lipinski definition) is 5. The smallest absolute Gasteiger partial charge is 0.411 e. The first-order chi connectivity index (χ1) is 8.36. The van der Waals surface area contributed by atoms with Crippen molar-refractivity contribution < 1.29 is 28.3 Å². The van der Waals surface area contributed by atoms with Crippen LogP contribution in [0.25, 0.3) is 0 Å². The molecule has 0 unspecified atom stereocenters. The Morgan fingerprint density at radius 1 is 1.50 bits per heavy atom. The molecular weight excluding hydrogens is 273 g/mol. The third-order valence-electron chi connectivity index (χ3n) is 2.51. The average Bonchev–Trinajstić information content (AvgIpc) is 2.81. The second kappa shape index (κ2) is 4.25. The summed E-state index contributed by atoms with van der Waals surface area (Å²) in [7, 11) is 0. The first kappa shape index (κ1) is 12.8. The number of aliphatic hydroxyl groups excluding tert-OH is 1. The number of hydrogen-bond donors (Lipinski definition) is 3. The van der Waals surface area contributed by atoms with Crippen molar-refractivity contribution in [3.05, 3.63) is 21.9 Å². The Balaban J connectivity index is 2.29. The first-order valence-corrected chi connectivity index (χ1v) is 5.59. The normalized spacial score (nSPS) is 25.2. The van der Waals surface area contributed by atoms with Gasteiger partial charge in [0.2, 0.25) is 0 Å². The second-order valence-electron chi connectivity index (χ2n) is 3.58. The second-order valence-corrected chi connectivity index (χ2v) is 4.50. The van der Waals surface area contributed by atoms with E-state index in [0.29, 0.717) is 10.4 Å². The van der Waals surface area contributed by atoms with E-state index < -0.39 is 24.2 Å². The lowest BCUT2D eigenvalue weighted by Gasteiger charge is -2.18. The molecule has 9 heteroatoms. The fourth-order valence-corrected chi connectivity index (χ4v) is 2.68. The van der Waals surface area contributed by atoms with Crippen molar-refractivity contribution in [1.29, 1.82) is 0 Å². The van der Waals surface area contributed by atoms with Crippen LogP contribution in [0.5, 0.6) is 0 Å². The van der Waals surface area contributed by atoms with Gasteiger partial charge in [-0.3, -0.25) is 4.79 Å². The average molecular weight is 280 g/mol. The minimum Gasteiger partial charge on any atom is -0.411 e. The lowest BCUT2D eigenvalue weighted by atomic mass is 10.1. The summed E-state index contributed by atoms with van der Waals surface area (Å²) in [5, 5.41) is 24.5. The summed E-state index contributed by atoms with van der Waals surface area (Å²) in [5.74, 6) is -2.15. The van der Waals surface area contributed by atoms with Gasteiger partial charge in [-0.15, -0.1) is 11.3 Å². The number of oxime groups is 1. The number of amides is 1. The fourth-order valence-electron chi connectivity index (χ4n) is 1.72. The quantitative estimate of drug-likeness (QED) is 0.530. The Morgan fingerprint density at radius 2 is 2.17 bits per heavy atom. The van der Waals surface area contributed by atoms with E-state index in [4.69, 9.17) is 5.21 Å². The first-order valence-electron chi connectivity index (χ1n) is 4.71. The minimum atomic E-state index is -5.03. The molecule has 0 saturated carbocycles. The van der Waals surface area contributed by atoms with Crippen LogP contribution in [0.1, 0.15) is 16.5 Å². The van der Waals surface area contributed by atoms with E-state index in [0.717, 1.165) is 11.3 Å². The van der Waals surface area contributed by atoms with Crippen LogP contribution in [0.4, 0.5) is 13.2 Å². The number of rotatable bonds is 1. The molecule has 5 nitrogen and oxygen atoms in total. The Kier molecular flexibility index (Phi) is 3.03. The Labute approximate surface area is 103 Å². The topological polar surface area (TPSA) is 81.9 Å². The summed E-state index contributed by atoms with van der Waals surface area (Å²) in [6.45, 7) is 0. The SMILES string of the molecule is O=C(N[C@H]1c2ccsc2C(=NO)[C@H]1O)C(F)(F)F. The van der Waals surface area contributed by atoms with E-state index >= 15 is 0 Å². The van der Waals surface area contributed by atoms with Gasteiger partial charge in [0.15, 0.2) is 0 Å². The van der Waals surface area contributed by atoms with Crippen LogP contribution >= 0.6 is 11.3 Å². The predicted octanol–water partition coefficient (Wildman–Crippen LogP) is 1.02. The molecule has 0 spiro atoms. The molecule has 1 aromatic rings. The highest BCUT2D eigenvalue weighted by molar-refractivity contribution is 7.12. The Hall–Kier alpha value is -1.61. The van der Waals surface area contributed by atoms with Gasteiger partial charge < -0.3 is 15.6 Å². The van der Waals surface area contributed by atoms with Gasteiger partial charge >= 0.3 is 12.1 Å². The zero-order valence-electron chi connectivity index (χ0n) is 8.60. The summed E-state index contributed by atoms with van der Waals surface area (Å²) in [5.41, 5.74) is 0.158. The van der Waals surface area contributed by atoms with E-state index in [1.54, 1.807) is 10.7 Å². The number of aliphatic hydroxyl groups is 1. The number of halogens is 3. The van der Waals surface area contributed by atoms with Gasteiger partial charge in [0, 0.05) is 0 Å². The highest BCUT2D eigenvalue weighted by atomic mass is 32.1. The zero-order chi connectivity index (χ0) is 13.5. The van der Waals surface area contributed by atoms with Gasteiger partial charge in [-0.25, -0.2) is 0 Å². The van der Waals surface area contributed by atoms with Gasteiger partial charge in [-0.2, -0.15) is 13.2 Å². The molecule has 18 heavy (non-hydrogen) atoms. The van der Waals surface area contributed by atoms with Crippen LogP contribution in [-0.2, 0) is 4.79 Å². The maximum atomic E-state index is 12.1. The predicted molar refractivity (Wildman–Crippen MR) is 55.6 cm³/mol. The van der Waals surface area contributed by atoms with E-state index in [9.17, 15) is 23.1 Å². The van der Waals surface area contributed by atoms with Crippen LogP contribution in [0.15, 0.2) is 16.6 Å². The van der Waals surface area contributed by atoms with Crippen LogP contribution in [-0.4, -0.2) is 34.2 Å². The molecule has 1 amide bonds. The van der Waals surface area contributed by atoms with Gasteiger partial charge in [0.05, 0.1) is 10.9 Å². The third-order valence-corrected chi connectivity index (χ3v) is 3.46. The van der Waals surface area contributed by atoms with Crippen molar-refractivity contribution in [3.8, 4) is 0 Å². The Morgan fingerprint density at radius 3 is 2.72 bits per heavy atom. The maximum Gasteiger partial charge on any atom is 0.471 e. The lowest BCUT2D eigenvalue weighted by molar-refractivity contribution is -0.174. The third kappa shape index (κ3) is 1.95. The van der Waals surface area contributed by atoms with E-state index in [2.05, 4.69) is 5.16 Å². The Bertz CT molecular complexity index is 511. The monoisotopic (exact) mass is 280 g/mol. The number of fused-ring (bicyclic) bond motifs is 1. The molecule has 0 aliphatic heterocycles. The van der Waals surface area contributed by atoms with Gasteiger partial charge in [-0.1, -0.05) is 5.16 Å². The zero-order valence-corrected chi connectivity index (χ0v) is 9.42. The molecule has 0 radical (unpaired) electrons. The number of carbonyl (C=O) groups is 1. The van der Waals surface area contributed by atoms with Crippen LogP contribution in [0.3, 0.4) is 0 Å². The number of carbonyl (C=O) groups excluding carboxylic acids is 1. The van der Waals surface area contributed by atoms with Crippen molar-refractivity contribution >= 4 is 23.0 Å². The molecule has 98 valence electrons. The van der Waals surface area contributed by atoms with Gasteiger partial charge in [0.25, 0.3) is 0 Å². The fraction of sp³-hybridized carbons (Fsp3) is 0.333. The van der Waals surface area contributed by atoms with E-state index in [1.165, 1.54) is 6.07 Å². The molecule has 1 aromatic heterocycles. The van der Waals surface area contributed by atoms with Crippen LogP contribution in [0.2, 0.25) is 0 Å². The molecular formula is C9H7F3N2O3S. The maximum absolute atomic E-state index is 12.1. The molecule has 0 fully saturated rings. The summed E-state index contributed by atoms with van der Waals surface area (Å²) < 4.78 is 36.4. The summed E-state index contributed by atoms with van der Waals surface area (Å²) in [4.78, 5) is 11.2. The molecule has 2 atom stereocenters. The van der Waals surface area contributed by atoms with Gasteiger partial charge in [0.1, 0.15) is 11.8 Å². The number of nitrogens with one attached hydrogen (secondary N) is 1. The van der Waals surface area contributed by atoms with Gasteiger partial charge in [-0.05, 0) is 17.0 Å². The highest BCUT2D eigenvalue weighted by Gasteiger charge is 2.45. The lowest BCUT2D eigenvalue weighted by Crippen LogP contribution is -2.42. The van der Waals surface area contributed by atoms with Crippen molar-refractivity contribution in [2.45, 2.75) is 18.3 Å². The summed E-state index contributed by atoms with van der Waals surface area (Å²) >= 11 is 1.10. The standard InChI is InChI=1S/C9H7F3N2O3S/c10-9(11,12)8(16)13-4-3-1-2-18-7(3)5(14-17)6(4)15/h1-2,4,6,15,17H,(H,13,16)/t4-,6-/m0/s1. The number of nitrogens with zero attached hydrogens (tertiary/aromatic N) is 1. The van der Waals surface area contributed by atoms with Crippen LogP contribution < -0.4 is 5.32 Å². The highest BCUT2D eigenvalue weighted by Crippen LogP contribution is 2.36. The molecule has 0 aromatic carbocycles. The van der Waals surface area contributed by atoms with Crippen LogP contribution in [0, 0.1) is 0 Å². The van der Waals surface area contributed by atoms with E-state index in [-0.39, 0.29) is 5.71 Å². The molecule has 3 N–H and O–H groups in total.